The molecule has 0 bridgehead atoms. The van der Waals surface area contributed by atoms with E-state index in [0.717, 1.165) is 12.0 Å². The molecule has 1 radical (unpaired) electrons. The van der Waals surface area contributed by atoms with Crippen LogP contribution < -0.4 is 0 Å². The van der Waals surface area contributed by atoms with Crippen molar-refractivity contribution in [3.8, 4) is 5.75 Å². The molecule has 0 unspecified atom stereocenters. The Labute approximate surface area is 73.3 Å². The van der Waals surface area contributed by atoms with Crippen LogP contribution in [-0.2, 0) is 6.42 Å². The maximum absolute atomic E-state index is 9.11. The van der Waals surface area contributed by atoms with Gasteiger partial charge in [0.05, 0.1) is 0 Å². The number of phenols is 1. The van der Waals surface area contributed by atoms with Crippen LogP contribution in [0.2, 0.25) is 0 Å². The Morgan fingerprint density at radius 3 is 2.30 bits per heavy atom. The Morgan fingerprint density at radius 1 is 1.30 bits per heavy atom. The maximum atomic E-state index is 9.11. The minimum Gasteiger partial charge on any atom is -0.508 e. The Kier molecular flexibility index (Phi) is 4.27. The Morgan fingerprint density at radius 2 is 1.90 bits per heavy atom. The molecule has 0 aliphatic heterocycles. The molecule has 1 rings (SSSR count). The van der Waals surface area contributed by atoms with Gasteiger partial charge in [-0.05, 0) is 18.1 Å². The number of aryl methyl sites for hydroxylation is 1. The molecule has 1 aromatic carbocycles. The smallest absolute Gasteiger partial charge is 0.118 e. The molecule has 0 aliphatic rings. The normalized spacial score (nSPS) is 8.50. The largest absolute Gasteiger partial charge is 0.508 e. The standard InChI is InChI=1S/C8H10O.Li/c1-2-7-5-3-4-6-8(7)9;/h3-6,9H,2H2,1H3;. The molecule has 0 heterocycles. The van der Waals surface area contributed by atoms with E-state index in [2.05, 4.69) is 0 Å². The average molecular weight is 129 g/mol. The summed E-state index contributed by atoms with van der Waals surface area (Å²) in [5.41, 5.74) is 1.01. The maximum Gasteiger partial charge on any atom is 0.118 e. The van der Waals surface area contributed by atoms with Crippen LogP contribution in [0.1, 0.15) is 12.5 Å². The summed E-state index contributed by atoms with van der Waals surface area (Å²) in [7, 11) is 0. The molecule has 0 aromatic heterocycles. The van der Waals surface area contributed by atoms with Crippen LogP contribution in [0.3, 0.4) is 0 Å². The number of hydrogen-bond donors (Lipinski definition) is 1. The van der Waals surface area contributed by atoms with Crippen molar-refractivity contribution in [2.75, 3.05) is 0 Å². The van der Waals surface area contributed by atoms with Gasteiger partial charge < -0.3 is 5.11 Å². The van der Waals surface area contributed by atoms with E-state index in [-0.39, 0.29) is 18.9 Å². The van der Waals surface area contributed by atoms with E-state index in [1.807, 2.05) is 25.1 Å². The fourth-order valence-corrected chi connectivity index (χ4v) is 0.810. The predicted octanol–water partition coefficient (Wildman–Crippen LogP) is 1.57. The van der Waals surface area contributed by atoms with Crippen molar-refractivity contribution in [3.63, 3.8) is 0 Å². The Hall–Kier alpha value is -0.383. The Balaban J connectivity index is 0.000000810. The van der Waals surface area contributed by atoms with Crippen LogP contribution in [0.5, 0.6) is 5.75 Å². The van der Waals surface area contributed by atoms with Crippen LogP contribution in [0.4, 0.5) is 0 Å². The SMILES string of the molecule is CCc1ccccc1O.[Li]. The summed E-state index contributed by atoms with van der Waals surface area (Å²) in [6.07, 6.45) is 0.896. The number of para-hydroxylation sites is 1. The molecule has 0 amide bonds. The van der Waals surface area contributed by atoms with Crippen molar-refractivity contribution < 1.29 is 5.11 Å². The topological polar surface area (TPSA) is 20.2 Å². The minimum atomic E-state index is 0. The van der Waals surface area contributed by atoms with Crippen LogP contribution in [0.25, 0.3) is 0 Å². The van der Waals surface area contributed by atoms with Gasteiger partial charge in [0.1, 0.15) is 5.75 Å². The molecule has 0 saturated heterocycles. The van der Waals surface area contributed by atoms with Gasteiger partial charge in [-0.3, -0.25) is 0 Å². The molecule has 0 saturated carbocycles. The van der Waals surface area contributed by atoms with Gasteiger partial charge in [-0.1, -0.05) is 25.1 Å². The second-order valence-electron chi connectivity index (χ2n) is 1.98. The molecule has 2 heteroatoms. The Bertz CT molecular complexity index is 198. The summed E-state index contributed by atoms with van der Waals surface area (Å²) in [6, 6.07) is 7.39. The van der Waals surface area contributed by atoms with E-state index >= 15 is 0 Å². The molecule has 0 spiro atoms. The zero-order valence-electron chi connectivity index (χ0n) is 6.46. The van der Waals surface area contributed by atoms with Gasteiger partial charge >= 0.3 is 0 Å². The molecule has 0 atom stereocenters. The van der Waals surface area contributed by atoms with E-state index < -0.39 is 0 Å². The van der Waals surface area contributed by atoms with Crippen LogP contribution >= 0.6 is 0 Å². The van der Waals surface area contributed by atoms with Gasteiger partial charge in [0.2, 0.25) is 0 Å². The summed E-state index contributed by atoms with van der Waals surface area (Å²) >= 11 is 0. The first-order chi connectivity index (χ1) is 4.34. The summed E-state index contributed by atoms with van der Waals surface area (Å²) < 4.78 is 0. The average Bonchev–Trinajstić information content (AvgIpc) is 1.89. The van der Waals surface area contributed by atoms with Crippen molar-refractivity contribution >= 4 is 18.9 Å². The summed E-state index contributed by atoms with van der Waals surface area (Å²) in [5, 5.41) is 9.11. The van der Waals surface area contributed by atoms with Crippen molar-refractivity contribution in [1.82, 2.24) is 0 Å². The number of benzene rings is 1. The van der Waals surface area contributed by atoms with Crippen LogP contribution in [-0.4, -0.2) is 24.0 Å². The molecule has 1 aromatic rings. The zero-order valence-corrected chi connectivity index (χ0v) is 6.46. The third-order valence-corrected chi connectivity index (χ3v) is 1.37. The van der Waals surface area contributed by atoms with Crippen molar-refractivity contribution in [2.45, 2.75) is 13.3 Å². The van der Waals surface area contributed by atoms with E-state index in [1.54, 1.807) is 6.07 Å². The fourth-order valence-electron chi connectivity index (χ4n) is 0.810. The first kappa shape index (κ1) is 9.62. The molecule has 0 aliphatic carbocycles. The third-order valence-electron chi connectivity index (χ3n) is 1.37. The van der Waals surface area contributed by atoms with E-state index in [4.69, 9.17) is 5.11 Å². The van der Waals surface area contributed by atoms with Gasteiger partial charge in [-0.25, -0.2) is 0 Å². The molecule has 1 N–H and O–H groups in total. The number of rotatable bonds is 1. The quantitative estimate of drug-likeness (QED) is 0.570. The first-order valence-electron chi connectivity index (χ1n) is 3.11. The predicted molar refractivity (Wildman–Crippen MR) is 43.2 cm³/mol. The second-order valence-corrected chi connectivity index (χ2v) is 1.98. The molecule has 49 valence electrons. The van der Waals surface area contributed by atoms with E-state index in [9.17, 15) is 0 Å². The van der Waals surface area contributed by atoms with Crippen molar-refractivity contribution in [3.05, 3.63) is 29.8 Å². The number of aromatic hydroxyl groups is 1. The molecule has 10 heavy (non-hydrogen) atoms. The van der Waals surface area contributed by atoms with Gasteiger partial charge in [-0.15, -0.1) is 0 Å². The first-order valence-corrected chi connectivity index (χ1v) is 3.11. The summed E-state index contributed by atoms with van der Waals surface area (Å²) in [5.74, 6) is 0.403. The third kappa shape index (κ3) is 2.10. The zero-order chi connectivity index (χ0) is 6.69. The second kappa shape index (κ2) is 4.44. The molecule has 1 nitrogen and oxygen atoms in total. The number of phenolic OH excluding ortho intramolecular Hbond substituents is 1. The van der Waals surface area contributed by atoms with Crippen LogP contribution in [0.15, 0.2) is 24.3 Å². The van der Waals surface area contributed by atoms with Gasteiger partial charge in [0.15, 0.2) is 0 Å². The van der Waals surface area contributed by atoms with Gasteiger partial charge in [-0.2, -0.15) is 0 Å². The van der Waals surface area contributed by atoms with Crippen LogP contribution in [0, 0.1) is 0 Å². The fraction of sp³-hybridized carbons (Fsp3) is 0.250. The molecular weight excluding hydrogens is 119 g/mol. The monoisotopic (exact) mass is 129 g/mol. The molecule has 0 fully saturated rings. The minimum absolute atomic E-state index is 0. The van der Waals surface area contributed by atoms with E-state index in [0.29, 0.717) is 5.75 Å². The van der Waals surface area contributed by atoms with Gasteiger partial charge in [0, 0.05) is 18.9 Å². The summed E-state index contributed by atoms with van der Waals surface area (Å²) in [6.45, 7) is 2.02. The van der Waals surface area contributed by atoms with Crippen molar-refractivity contribution in [1.29, 1.82) is 0 Å². The molecular formula is C8H10LiO. The number of hydrogen-bond acceptors (Lipinski definition) is 1. The van der Waals surface area contributed by atoms with Crippen molar-refractivity contribution in [2.24, 2.45) is 0 Å². The summed E-state index contributed by atoms with van der Waals surface area (Å²) in [4.78, 5) is 0. The van der Waals surface area contributed by atoms with E-state index in [1.165, 1.54) is 0 Å². The van der Waals surface area contributed by atoms with Gasteiger partial charge in [0.25, 0.3) is 0 Å².